The summed E-state index contributed by atoms with van der Waals surface area (Å²) in [6.07, 6.45) is 1.67. The van der Waals surface area contributed by atoms with Gasteiger partial charge < -0.3 is 37.9 Å². The summed E-state index contributed by atoms with van der Waals surface area (Å²) in [6.45, 7) is 9.56. The van der Waals surface area contributed by atoms with Crippen molar-refractivity contribution in [3.05, 3.63) is 47.0 Å². The zero-order valence-corrected chi connectivity index (χ0v) is 27.1. The number of carbonyl (C=O) groups is 2. The zero-order chi connectivity index (χ0) is 31.7. The SMILES string of the molecule is CC[C@H](/C=C(/C)[C@@H]1CC(=O)CCC(C)(C)c2cccc(c2)C[C@@H](OCOC)[C@H](OCOC)C(=O)O1)COCOCCOC. The van der Waals surface area contributed by atoms with E-state index in [1.807, 2.05) is 25.1 Å². The summed E-state index contributed by atoms with van der Waals surface area (Å²) in [7, 11) is 4.62. The predicted octanol–water partition coefficient (Wildman–Crippen LogP) is 4.76. The third-order valence-electron chi connectivity index (χ3n) is 7.64. The van der Waals surface area contributed by atoms with Crippen molar-refractivity contribution < 1.29 is 47.5 Å². The number of ketones is 1. The van der Waals surface area contributed by atoms with Gasteiger partial charge in [0.2, 0.25) is 0 Å². The Balaban J connectivity index is 2.39. The smallest absolute Gasteiger partial charge is 0.338 e. The van der Waals surface area contributed by atoms with Gasteiger partial charge in [0.15, 0.2) is 6.10 Å². The topological polar surface area (TPSA) is 108 Å². The minimum atomic E-state index is -1.12. The van der Waals surface area contributed by atoms with Crippen LogP contribution in [0.25, 0.3) is 0 Å². The molecule has 2 rings (SSSR count). The van der Waals surface area contributed by atoms with Crippen molar-refractivity contribution in [1.82, 2.24) is 0 Å². The molecule has 1 aromatic rings. The number of rotatable bonds is 16. The van der Waals surface area contributed by atoms with Crippen molar-refractivity contribution in [1.29, 1.82) is 0 Å². The molecule has 0 aromatic heterocycles. The lowest BCUT2D eigenvalue weighted by Gasteiger charge is -2.30. The van der Waals surface area contributed by atoms with E-state index in [1.54, 1.807) is 7.11 Å². The van der Waals surface area contributed by atoms with Crippen LogP contribution in [0.1, 0.15) is 64.5 Å². The van der Waals surface area contributed by atoms with Crippen LogP contribution in [0.2, 0.25) is 0 Å². The van der Waals surface area contributed by atoms with Gasteiger partial charge >= 0.3 is 5.97 Å². The third kappa shape index (κ3) is 13.1. The Morgan fingerprint density at radius 3 is 2.44 bits per heavy atom. The molecule has 43 heavy (non-hydrogen) atoms. The van der Waals surface area contributed by atoms with E-state index < -0.39 is 24.3 Å². The number of hydrogen-bond acceptors (Lipinski definition) is 10. The highest BCUT2D eigenvalue weighted by Crippen LogP contribution is 2.31. The van der Waals surface area contributed by atoms with Gasteiger partial charge in [-0.25, -0.2) is 4.79 Å². The number of Topliss-reactive ketones (excluding diaryl/α,β-unsaturated/α-hetero) is 1. The molecule has 0 N–H and O–H groups in total. The lowest BCUT2D eigenvalue weighted by atomic mass is 9.78. The van der Waals surface area contributed by atoms with Crippen LogP contribution in [0.5, 0.6) is 0 Å². The van der Waals surface area contributed by atoms with Crippen molar-refractivity contribution in [2.24, 2.45) is 5.92 Å². The summed E-state index contributed by atoms with van der Waals surface area (Å²) in [5.41, 5.74) is 2.62. The molecule has 1 aliphatic rings. The van der Waals surface area contributed by atoms with Crippen LogP contribution in [0, 0.1) is 5.92 Å². The average Bonchev–Trinajstić information content (AvgIpc) is 2.99. The molecule has 0 amide bonds. The van der Waals surface area contributed by atoms with Crippen LogP contribution in [0.3, 0.4) is 0 Å². The van der Waals surface area contributed by atoms with E-state index >= 15 is 0 Å². The molecule has 0 saturated heterocycles. The fraction of sp³-hybridized carbons (Fsp3) is 0.697. The van der Waals surface area contributed by atoms with Gasteiger partial charge in [-0.05, 0) is 41.9 Å². The molecule has 10 nitrogen and oxygen atoms in total. The van der Waals surface area contributed by atoms with Crippen molar-refractivity contribution in [3.8, 4) is 0 Å². The molecule has 1 heterocycles. The standard InChI is InChI=1S/C33H52O10/c1-8-25(20-40-23-39-15-14-36-5)16-24(2)29-19-28(34)12-13-33(3,4)27-11-9-10-26(17-27)18-30(41-21-37-6)31(32(35)43-29)42-22-38-7/h9-11,16-17,25,29-31H,8,12-15,18-23H2,1-7H3/b24-16-/t25-,29+,30-,31+/m1/s1. The van der Waals surface area contributed by atoms with E-state index in [1.165, 1.54) is 14.2 Å². The highest BCUT2D eigenvalue weighted by atomic mass is 16.7. The second-order valence-electron chi connectivity index (χ2n) is 11.5. The molecule has 1 aromatic carbocycles. The van der Waals surface area contributed by atoms with E-state index in [2.05, 4.69) is 32.9 Å². The van der Waals surface area contributed by atoms with Crippen molar-refractivity contribution in [2.45, 2.75) is 83.5 Å². The van der Waals surface area contributed by atoms with Gasteiger partial charge in [0, 0.05) is 46.5 Å². The highest BCUT2D eigenvalue weighted by molar-refractivity contribution is 5.81. The van der Waals surface area contributed by atoms with Gasteiger partial charge in [-0.1, -0.05) is 51.1 Å². The average molecular weight is 609 g/mol. The molecule has 2 bridgehead atoms. The quantitative estimate of drug-likeness (QED) is 0.113. The minimum absolute atomic E-state index is 0.0178. The van der Waals surface area contributed by atoms with Crippen LogP contribution in [-0.2, 0) is 59.3 Å². The van der Waals surface area contributed by atoms with Gasteiger partial charge in [-0.2, -0.15) is 0 Å². The maximum Gasteiger partial charge on any atom is 0.338 e. The largest absolute Gasteiger partial charge is 0.455 e. The zero-order valence-electron chi connectivity index (χ0n) is 27.1. The van der Waals surface area contributed by atoms with Gasteiger partial charge in [0.1, 0.15) is 38.4 Å². The number of cyclic esters (lactones) is 1. The molecule has 0 unspecified atom stereocenters. The monoisotopic (exact) mass is 608 g/mol. The third-order valence-corrected chi connectivity index (χ3v) is 7.64. The molecule has 0 radical (unpaired) electrons. The van der Waals surface area contributed by atoms with E-state index in [0.29, 0.717) is 39.1 Å². The summed E-state index contributed by atoms with van der Waals surface area (Å²) in [6, 6.07) is 8.15. The highest BCUT2D eigenvalue weighted by Gasteiger charge is 2.35. The van der Waals surface area contributed by atoms with Crippen LogP contribution < -0.4 is 0 Å². The first-order valence-electron chi connectivity index (χ1n) is 15.0. The molecular formula is C33H52O10. The van der Waals surface area contributed by atoms with Gasteiger partial charge in [0.25, 0.3) is 0 Å². The molecule has 0 fully saturated rings. The molecule has 0 aliphatic carbocycles. The fourth-order valence-electron chi connectivity index (χ4n) is 4.86. The lowest BCUT2D eigenvalue weighted by molar-refractivity contribution is -0.192. The Bertz CT molecular complexity index is 992. The number of benzene rings is 1. The molecule has 1 aliphatic heterocycles. The first kappa shape index (κ1) is 37.0. The Morgan fingerprint density at radius 1 is 1.00 bits per heavy atom. The number of esters is 1. The Hall–Kier alpha value is -2.18. The van der Waals surface area contributed by atoms with Crippen molar-refractivity contribution >= 4 is 11.8 Å². The fourth-order valence-corrected chi connectivity index (χ4v) is 4.86. The number of carbonyl (C=O) groups excluding carboxylic acids is 2. The molecule has 244 valence electrons. The van der Waals surface area contributed by atoms with Crippen LogP contribution in [0.15, 0.2) is 35.9 Å². The minimum Gasteiger partial charge on any atom is -0.455 e. The van der Waals surface area contributed by atoms with E-state index in [9.17, 15) is 9.59 Å². The molecule has 0 spiro atoms. The second-order valence-corrected chi connectivity index (χ2v) is 11.5. The summed E-state index contributed by atoms with van der Waals surface area (Å²) in [5, 5.41) is 0. The van der Waals surface area contributed by atoms with Gasteiger partial charge in [-0.15, -0.1) is 0 Å². The van der Waals surface area contributed by atoms with Crippen molar-refractivity contribution in [3.63, 3.8) is 0 Å². The molecule has 4 atom stereocenters. The molecule has 0 saturated carbocycles. The summed E-state index contributed by atoms with van der Waals surface area (Å²) >= 11 is 0. The van der Waals surface area contributed by atoms with Gasteiger partial charge in [0.05, 0.1) is 19.8 Å². The lowest BCUT2D eigenvalue weighted by Crippen LogP contribution is -2.43. The number of methoxy groups -OCH3 is 3. The maximum absolute atomic E-state index is 13.8. The van der Waals surface area contributed by atoms with Crippen LogP contribution >= 0.6 is 0 Å². The summed E-state index contributed by atoms with van der Waals surface area (Å²) in [5.74, 6) is -0.576. The normalized spacial score (nSPS) is 22.6. The molecular weight excluding hydrogens is 556 g/mol. The summed E-state index contributed by atoms with van der Waals surface area (Å²) < 4.78 is 44.3. The number of fused-ring (bicyclic) bond motifs is 2. The number of ether oxygens (including phenoxy) is 8. The van der Waals surface area contributed by atoms with Crippen molar-refractivity contribution in [2.75, 3.05) is 61.5 Å². The summed E-state index contributed by atoms with van der Waals surface area (Å²) in [4.78, 5) is 27.1. The Labute approximate surface area is 257 Å². The Morgan fingerprint density at radius 2 is 1.74 bits per heavy atom. The first-order chi connectivity index (χ1) is 20.6. The first-order valence-corrected chi connectivity index (χ1v) is 15.0. The van der Waals surface area contributed by atoms with Crippen LogP contribution in [-0.4, -0.2) is 91.6 Å². The maximum atomic E-state index is 13.8. The second kappa shape index (κ2) is 20.0. The van der Waals surface area contributed by atoms with E-state index in [0.717, 1.165) is 23.1 Å². The van der Waals surface area contributed by atoms with Gasteiger partial charge in [-0.3, -0.25) is 4.79 Å². The number of hydrogen-bond donors (Lipinski definition) is 0. The predicted molar refractivity (Wildman–Crippen MR) is 162 cm³/mol. The van der Waals surface area contributed by atoms with E-state index in [-0.39, 0.29) is 43.9 Å². The Kier molecular flexibility index (Phi) is 17.2. The van der Waals surface area contributed by atoms with Crippen LogP contribution in [0.4, 0.5) is 0 Å². The van der Waals surface area contributed by atoms with E-state index in [4.69, 9.17) is 37.9 Å². The molecule has 10 heteroatoms.